The molecule has 12 heterocycles. The number of anilines is 8. The van der Waals surface area contributed by atoms with E-state index in [4.69, 9.17) is 43.6 Å². The van der Waals surface area contributed by atoms with Gasteiger partial charge >= 0.3 is 62.5 Å². The van der Waals surface area contributed by atoms with Crippen molar-refractivity contribution in [2.75, 3.05) is 68.8 Å². The van der Waals surface area contributed by atoms with Crippen molar-refractivity contribution in [3.8, 4) is 45.8 Å². The normalized spacial score (nSPS) is 12.9. The van der Waals surface area contributed by atoms with E-state index in [-0.39, 0.29) is 184 Å². The largest absolute Gasteiger partial charge is 1.00 e. The number of fused-ring (bicyclic) bond motifs is 4. The topological polar surface area (TPSA) is 630 Å². The van der Waals surface area contributed by atoms with Crippen molar-refractivity contribution in [2.24, 2.45) is 23.5 Å². The number of thioether (sulfide) groups is 1. The summed E-state index contributed by atoms with van der Waals surface area (Å²) >= 11 is 1.61. The molecule has 3 saturated carbocycles. The van der Waals surface area contributed by atoms with E-state index in [2.05, 4.69) is 136 Å². The van der Waals surface area contributed by atoms with Gasteiger partial charge in [0, 0.05) is 131 Å². The van der Waals surface area contributed by atoms with E-state index in [1.54, 1.807) is 39.4 Å². The number of imidazole rings is 4. The molecule has 9 N–H and O–H groups in total. The minimum absolute atomic E-state index is 0. The Morgan fingerprint density at radius 2 is 0.733 bits per heavy atom. The van der Waals surface area contributed by atoms with Gasteiger partial charge in [-0.1, -0.05) is 37.8 Å². The van der Waals surface area contributed by atoms with Crippen molar-refractivity contribution in [3.63, 3.8) is 0 Å². The molecule has 20 rings (SSSR count). The SMILES string of the molecule is C.COC(=O)Cn1cnc2c(S(=O)(=O)Cl)cc(Nc3ncc(-c4nnc(C(F)F)o4)cn3)cc21.COC(=O)Cn1cnc2c(S(=O)(=O)NCC3CC3)cc(Nc3ncc(-c4nnc(C(F)F)o4)cn3)cc21.COC(=O)Cn1cnc2c(SCc3ccccc3)cc(Nc3ncc(-c4nnc(C(F)F)o4)cn3)cc21.NCC1CC1.O=S(=O)(NCC1CC1)c1cc(Nc2ncc(-c3nnc(C(F)F)o3)cn2)cc2c1ncn2CCO.[Al].[H-].[Li+]. The molecule has 781 valence electrons. The maximum Gasteiger partial charge on any atom is 1.00 e. The molecule has 3 aliphatic carbocycles. The number of ether oxygens (including phenoxy) is 3. The third kappa shape index (κ3) is 28.9. The summed E-state index contributed by atoms with van der Waals surface area (Å²) in [5, 5.41) is 48.4. The van der Waals surface area contributed by atoms with E-state index in [1.807, 2.05) is 42.5 Å². The first-order valence-electron chi connectivity index (χ1n) is 43.6. The van der Waals surface area contributed by atoms with E-state index < -0.39 is 96.3 Å². The molecule has 63 heteroatoms. The number of alkyl halides is 8. The number of esters is 3. The molecule has 5 aromatic carbocycles. The molecule has 0 unspecified atom stereocenters. The van der Waals surface area contributed by atoms with Crippen LogP contribution in [0.5, 0.6) is 0 Å². The summed E-state index contributed by atoms with van der Waals surface area (Å²) < 4.78 is 223. The third-order valence-electron chi connectivity index (χ3n) is 21.4. The number of rotatable bonds is 37. The second-order valence-electron chi connectivity index (χ2n) is 32.0. The molecular weight excluding hydrogens is 2100 g/mol. The molecule has 150 heavy (non-hydrogen) atoms. The molecule has 0 amide bonds. The monoisotopic (exact) mass is 2180 g/mol. The number of aromatic nitrogens is 24. The van der Waals surface area contributed by atoms with Gasteiger partial charge in [-0.3, -0.25) is 14.4 Å². The number of aliphatic hydroxyl groups excluding tert-OH is 1. The van der Waals surface area contributed by atoms with Crippen molar-refractivity contribution < 1.29 is 132 Å². The number of nitrogens with zero attached hydrogens (tertiary/aromatic N) is 24. The molecule has 3 radical (unpaired) electrons. The van der Waals surface area contributed by atoms with Gasteiger partial charge in [-0.15, -0.1) is 52.6 Å². The molecule has 0 saturated heterocycles. The van der Waals surface area contributed by atoms with Crippen LogP contribution in [0.3, 0.4) is 0 Å². The van der Waals surface area contributed by atoms with Crippen LogP contribution in [0, 0.1) is 17.8 Å². The Labute approximate surface area is 876 Å². The fraction of sp³-hybridized carbons (Fsp3) is 0.299. The van der Waals surface area contributed by atoms with Crippen LogP contribution >= 0.6 is 22.4 Å². The minimum atomic E-state index is -4.20. The fourth-order valence-corrected chi connectivity index (χ4v) is 18.1. The van der Waals surface area contributed by atoms with E-state index in [0.717, 1.165) is 65.4 Å². The Hall–Kier alpha value is -14.6. The third-order valence-corrected chi connectivity index (χ3v) is 26.7. The van der Waals surface area contributed by atoms with Crippen LogP contribution in [-0.4, -0.2) is 232 Å². The standard InChI is InChI=1S/C24H19F2N7O3S.C21H20F2N8O5S.C20H20F2N8O4S.C17H12ClF2N7O5S.C4H9N.CH4.Al.Li.H/c1-35-19(34)11-33-13-29-20-17(33)7-16(8-18(20)37-12-14-5-3-2-4-6-14)30-24-27-9-15(10-28-24)22-31-32-23(36-22)21(25)26;1-35-16(32)9-31-10-26-17-14(31)4-13(5-15(17)37(33,34)27-6-11-2-3-11)28-21-24-7-12(8-25-21)19-29-30-20(36-19)18(22)23;21-17(22)19-29-28-18(34-19)12-8-23-20(24-9-12)27-13-5-14-16(25-10-30(14)3-4-31)15(6-13)35(32,33)26-7-11-1-2-11;1-31-12(28)6-27-7-23-13-10(27)2-9(3-11(13)33(18,29)30)24-17-21-4-8(5-22-17)15-25-26-16(32-15)14(19)20;5-3-4-1-2-4;;;;/h2-10,13,21H,11-12H2,1H3,(H,27,28,30);4-5,7-8,10-11,18,27H,2-3,6,9H2,1H3,(H,24,25,28);5-6,8-11,17,26,31H,1-4,7H2,(H,23,24,27);2-5,7,14H,6H2,1H3,(H,21,22,24);4H,1-3,5H2;1H4;;;/q;;;;;;;+1;-1. The number of aliphatic hydroxyl groups is 1. The second-order valence-corrected chi connectivity index (χ2v) is 39.0. The number of carbonyl (C=O) groups excluding carboxylic acids is 3. The van der Waals surface area contributed by atoms with E-state index in [0.29, 0.717) is 58.6 Å². The molecule has 0 aliphatic heterocycles. The van der Waals surface area contributed by atoms with Gasteiger partial charge in [-0.25, -0.2) is 94.5 Å². The minimum Gasteiger partial charge on any atom is -1.00 e. The number of hydrogen-bond donors (Lipinski definition) is 8. The summed E-state index contributed by atoms with van der Waals surface area (Å²) in [5.74, 6) is -2.60. The van der Waals surface area contributed by atoms with Crippen molar-refractivity contribution in [1.82, 2.24) is 128 Å². The maximum absolute atomic E-state index is 13.1. The van der Waals surface area contributed by atoms with Gasteiger partial charge in [0.25, 0.3) is 56.2 Å². The number of hydrogen-bond acceptors (Lipinski definition) is 43. The van der Waals surface area contributed by atoms with Gasteiger partial charge in [0.1, 0.15) is 56.4 Å². The molecule has 0 atom stereocenters. The van der Waals surface area contributed by atoms with Crippen molar-refractivity contribution in [1.29, 1.82) is 0 Å². The first kappa shape index (κ1) is 113. The zero-order valence-electron chi connectivity index (χ0n) is 79.0. The molecule has 48 nitrogen and oxygen atoms in total. The van der Waals surface area contributed by atoms with Crippen LogP contribution in [-0.2, 0) is 89.6 Å². The van der Waals surface area contributed by atoms with Crippen molar-refractivity contribution in [2.45, 2.75) is 123 Å². The fourth-order valence-electron chi connectivity index (χ4n) is 13.4. The number of benzene rings is 5. The molecule has 3 fully saturated rings. The zero-order chi connectivity index (χ0) is 104. The van der Waals surface area contributed by atoms with Gasteiger partial charge < -0.3 is 83.7 Å². The van der Waals surface area contributed by atoms with Crippen LogP contribution in [0.15, 0.2) is 191 Å². The Morgan fingerprint density at radius 1 is 0.440 bits per heavy atom. The molecular formula is C87H85AlClF8LiN31O17S4. The summed E-state index contributed by atoms with van der Waals surface area (Å²) in [4.78, 5) is 86.0. The predicted molar refractivity (Wildman–Crippen MR) is 517 cm³/mol. The average Bonchev–Trinajstić information content (AvgIpc) is 1.60. The molecule has 17 aromatic rings. The number of carbonyl (C=O) groups is 3. The van der Waals surface area contributed by atoms with Crippen LogP contribution < -0.4 is 55.3 Å². The Kier molecular flexibility index (Phi) is 37.6. The number of nitrogens with two attached hydrogens (primary N) is 1. The summed E-state index contributed by atoms with van der Waals surface area (Å²) in [7, 11) is -2.65. The zero-order valence-corrected chi connectivity index (χ0v) is 83.2. The van der Waals surface area contributed by atoms with E-state index >= 15 is 0 Å². The van der Waals surface area contributed by atoms with Crippen LogP contribution in [0.2, 0.25) is 0 Å². The van der Waals surface area contributed by atoms with Gasteiger partial charge in [0.2, 0.25) is 43.8 Å². The summed E-state index contributed by atoms with van der Waals surface area (Å²) in [6.07, 6.45) is 11.3. The van der Waals surface area contributed by atoms with Gasteiger partial charge in [-0.05, 0) is 117 Å². The number of sulfonamides is 2. The quantitative estimate of drug-likeness (QED) is 0.00448. The van der Waals surface area contributed by atoms with E-state index in [1.165, 1.54) is 136 Å². The first-order chi connectivity index (χ1) is 70.6. The summed E-state index contributed by atoms with van der Waals surface area (Å²) in [6, 6.07) is 22.6. The molecule has 0 bridgehead atoms. The molecule has 3 aliphatic rings. The second kappa shape index (κ2) is 50.1. The Balaban J connectivity index is 0.000000174. The summed E-state index contributed by atoms with van der Waals surface area (Å²) in [5.41, 5.74) is 12.0. The predicted octanol–water partition coefficient (Wildman–Crippen LogP) is 10.1. The number of methoxy groups -OCH3 is 3. The van der Waals surface area contributed by atoms with Crippen LogP contribution in [0.25, 0.3) is 90.0 Å². The van der Waals surface area contributed by atoms with Gasteiger partial charge in [-0.2, -0.15) is 35.1 Å². The van der Waals surface area contributed by atoms with E-state index in [9.17, 15) is 79.9 Å². The Bertz CT molecular complexity index is 7930. The van der Waals surface area contributed by atoms with Crippen LogP contribution in [0.4, 0.5) is 81.7 Å². The first-order valence-corrected chi connectivity index (χ1v) is 49.8. The maximum atomic E-state index is 13.1. The number of halogens is 9. The molecule has 0 spiro atoms. The average molecular weight is 2190 g/mol. The molecule has 12 aromatic heterocycles. The van der Waals surface area contributed by atoms with Gasteiger partial charge in [0.15, 0.2) is 0 Å². The van der Waals surface area contributed by atoms with Gasteiger partial charge in [0.05, 0.1) is 97.6 Å². The Morgan fingerprint density at radius 3 is 1.02 bits per heavy atom. The van der Waals surface area contributed by atoms with Crippen molar-refractivity contribution in [3.05, 3.63) is 183 Å². The summed E-state index contributed by atoms with van der Waals surface area (Å²) in [6.45, 7) is 1.28. The number of nitrogens with one attached hydrogen (secondary N) is 6. The smallest absolute Gasteiger partial charge is 1.00 e. The van der Waals surface area contributed by atoms with Crippen LogP contribution in [0.1, 0.15) is 102 Å². The van der Waals surface area contributed by atoms with Crippen molar-refractivity contribution >= 4 is 177 Å².